The highest BCUT2D eigenvalue weighted by atomic mass is 32.2. The summed E-state index contributed by atoms with van der Waals surface area (Å²) >= 11 is 3.84. The van der Waals surface area contributed by atoms with Gasteiger partial charge in [-0.3, -0.25) is 0 Å². The van der Waals surface area contributed by atoms with Gasteiger partial charge in [-0.2, -0.15) is 0 Å². The van der Waals surface area contributed by atoms with Crippen LogP contribution in [0, 0.1) is 0 Å². The van der Waals surface area contributed by atoms with E-state index >= 15 is 0 Å². The summed E-state index contributed by atoms with van der Waals surface area (Å²) in [5, 5.41) is 0. The van der Waals surface area contributed by atoms with Gasteiger partial charge in [0.05, 0.1) is 11.1 Å². The molecule has 0 saturated heterocycles. The Labute approximate surface area is 400 Å². The van der Waals surface area contributed by atoms with Crippen LogP contribution in [0.15, 0.2) is 244 Å². The van der Waals surface area contributed by atoms with Crippen molar-refractivity contribution in [2.24, 2.45) is 0 Å². The van der Waals surface area contributed by atoms with Crippen molar-refractivity contribution < 1.29 is 0 Å². The molecule has 316 valence electrons. The fourth-order valence-corrected chi connectivity index (χ4v) is 14.5. The smallest absolute Gasteiger partial charge is 0.0726 e. The summed E-state index contributed by atoms with van der Waals surface area (Å²) in [6.07, 6.45) is 0. The second-order valence-corrected chi connectivity index (χ2v) is 20.8. The van der Waals surface area contributed by atoms with Crippen LogP contribution in [0.5, 0.6) is 0 Å². The van der Waals surface area contributed by atoms with Crippen LogP contribution in [0.1, 0.15) is 47.2 Å². The summed E-state index contributed by atoms with van der Waals surface area (Å²) in [5.74, 6) is 0. The van der Waals surface area contributed by atoms with Crippen molar-refractivity contribution in [3.8, 4) is 55.6 Å². The lowest BCUT2D eigenvalue weighted by Crippen LogP contribution is -2.25. The summed E-state index contributed by atoms with van der Waals surface area (Å²) in [6.45, 7) is 4.74. The molecule has 0 bridgehead atoms. The quantitative estimate of drug-likeness (QED) is 0.169. The molecule has 0 saturated carbocycles. The molecule has 1 spiro atoms. The molecule has 1 heterocycles. The lowest BCUT2D eigenvalue weighted by Gasteiger charge is -2.31. The van der Waals surface area contributed by atoms with Gasteiger partial charge in [-0.05, 0) is 126 Å². The van der Waals surface area contributed by atoms with E-state index in [0.29, 0.717) is 0 Å². The van der Waals surface area contributed by atoms with E-state index in [1.54, 1.807) is 0 Å². The van der Waals surface area contributed by atoms with Crippen molar-refractivity contribution in [3.63, 3.8) is 0 Å². The lowest BCUT2D eigenvalue weighted by molar-refractivity contribution is 0.660. The first-order chi connectivity index (χ1) is 33.0. The van der Waals surface area contributed by atoms with Gasteiger partial charge in [-0.15, -0.1) is 0 Å². The molecule has 3 heteroatoms. The normalized spacial score (nSPS) is 16.0. The zero-order valence-corrected chi connectivity index (χ0v) is 38.8. The third kappa shape index (κ3) is 5.47. The molecular weight excluding hydrogens is 847 g/mol. The van der Waals surface area contributed by atoms with Gasteiger partial charge in [-0.25, -0.2) is 0 Å². The highest BCUT2D eigenvalue weighted by molar-refractivity contribution is 8.05. The van der Waals surface area contributed by atoms with E-state index in [9.17, 15) is 0 Å². The first kappa shape index (κ1) is 38.9. The second kappa shape index (κ2) is 14.6. The van der Waals surface area contributed by atoms with Crippen LogP contribution in [0.4, 0.5) is 17.1 Å². The Kier molecular flexibility index (Phi) is 8.48. The first-order valence-electron chi connectivity index (χ1n) is 23.2. The van der Waals surface area contributed by atoms with Crippen LogP contribution in [0.3, 0.4) is 0 Å². The monoisotopic (exact) mass is 889 g/mol. The van der Waals surface area contributed by atoms with E-state index in [1.807, 2.05) is 23.5 Å². The Morgan fingerprint density at radius 3 is 1.63 bits per heavy atom. The number of hydrogen-bond acceptors (Lipinski definition) is 3. The largest absolute Gasteiger partial charge is 0.310 e. The lowest BCUT2D eigenvalue weighted by atomic mass is 9.70. The third-order valence-corrected chi connectivity index (χ3v) is 17.6. The molecule has 14 rings (SSSR count). The summed E-state index contributed by atoms with van der Waals surface area (Å²) in [5.41, 5.74) is 23.9. The molecule has 0 fully saturated rings. The van der Waals surface area contributed by atoms with Gasteiger partial charge in [0.2, 0.25) is 0 Å². The Morgan fingerprint density at radius 1 is 0.328 bits per heavy atom. The Morgan fingerprint density at radius 2 is 0.866 bits per heavy atom. The number of benzene rings is 10. The molecule has 1 nitrogen and oxygen atoms in total. The highest BCUT2D eigenvalue weighted by Gasteiger charge is 2.53. The Balaban J connectivity index is 0.935. The molecule has 0 aromatic heterocycles. The van der Waals surface area contributed by atoms with Crippen LogP contribution >= 0.6 is 23.5 Å². The minimum atomic E-state index is -0.440. The summed E-state index contributed by atoms with van der Waals surface area (Å²) < 4.78 is 0. The molecule has 0 N–H and O–H groups in total. The van der Waals surface area contributed by atoms with Gasteiger partial charge in [0, 0.05) is 47.5 Å². The van der Waals surface area contributed by atoms with Gasteiger partial charge in [0.25, 0.3) is 0 Å². The maximum atomic E-state index is 2.47. The van der Waals surface area contributed by atoms with Crippen LogP contribution in [-0.4, -0.2) is 0 Å². The number of fused-ring (bicyclic) bond motifs is 16. The summed E-state index contributed by atoms with van der Waals surface area (Å²) in [6, 6.07) is 84.2. The summed E-state index contributed by atoms with van der Waals surface area (Å²) in [4.78, 5) is 7.84. The van der Waals surface area contributed by atoms with E-state index in [-0.39, 0.29) is 5.41 Å². The van der Waals surface area contributed by atoms with Crippen molar-refractivity contribution in [2.45, 2.75) is 44.3 Å². The van der Waals surface area contributed by atoms with Gasteiger partial charge in [0.15, 0.2) is 0 Å². The fraction of sp³-hybridized carbons (Fsp3) is 0.0625. The minimum Gasteiger partial charge on any atom is -0.310 e. The van der Waals surface area contributed by atoms with E-state index in [4.69, 9.17) is 0 Å². The van der Waals surface area contributed by atoms with Gasteiger partial charge >= 0.3 is 0 Å². The number of para-hydroxylation sites is 1. The molecule has 1 atom stereocenters. The molecule has 4 aliphatic rings. The minimum absolute atomic E-state index is 0.124. The predicted octanol–water partition coefficient (Wildman–Crippen LogP) is 17.8. The zero-order chi connectivity index (χ0) is 44.4. The zero-order valence-electron chi connectivity index (χ0n) is 37.1. The van der Waals surface area contributed by atoms with Gasteiger partial charge in [-0.1, -0.05) is 213 Å². The fourth-order valence-electron chi connectivity index (χ4n) is 12.1. The van der Waals surface area contributed by atoms with Crippen LogP contribution in [0.25, 0.3) is 55.6 Å². The summed E-state index contributed by atoms with van der Waals surface area (Å²) in [7, 11) is 0. The van der Waals surface area contributed by atoms with Crippen LogP contribution < -0.4 is 4.90 Å². The standard InChI is InChI=1S/C64H43NS2/c1-63(2)50-24-10-6-20-46(50)47-36-35-43(39-55(47)63)65(56-28-13-9-19-44(56)40-17-4-3-5-18-40)42-33-31-41(32-34-42)45-23-16-27-53-60(45)48-21-7-11-25-51(48)64(53)52-26-12-8-22-49(52)61-54(64)37-38-59-62(61)67-58-30-15-14-29-57(58)66-59/h3-39H,1-2H3. The predicted molar refractivity (Wildman–Crippen MR) is 281 cm³/mol. The molecule has 0 amide bonds. The molecule has 10 aromatic carbocycles. The number of rotatable bonds is 5. The van der Waals surface area contributed by atoms with E-state index < -0.39 is 5.41 Å². The van der Waals surface area contributed by atoms with Crippen LogP contribution in [0.2, 0.25) is 0 Å². The Bertz CT molecular complexity index is 3680. The highest BCUT2D eigenvalue weighted by Crippen LogP contribution is 2.67. The van der Waals surface area contributed by atoms with Gasteiger partial charge < -0.3 is 4.90 Å². The first-order valence-corrected chi connectivity index (χ1v) is 24.9. The number of anilines is 3. The molecule has 1 unspecified atom stereocenters. The van der Waals surface area contributed by atoms with Crippen molar-refractivity contribution in [2.75, 3.05) is 4.90 Å². The molecule has 1 aliphatic heterocycles. The van der Waals surface area contributed by atoms with Gasteiger partial charge in [0.1, 0.15) is 0 Å². The van der Waals surface area contributed by atoms with Crippen molar-refractivity contribution in [1.82, 2.24) is 0 Å². The SMILES string of the molecule is CC1(C)c2ccccc2-c2ccc(N(c3ccc(-c4cccc5c4-c4ccccc4C54c5ccccc5-c5c4ccc4c5Sc5ccccc5S4)cc3)c3ccccc3-c3ccccc3)cc21. The third-order valence-electron chi connectivity index (χ3n) is 15.0. The molecule has 67 heavy (non-hydrogen) atoms. The molecule has 10 aromatic rings. The number of hydrogen-bond donors (Lipinski definition) is 0. The maximum absolute atomic E-state index is 2.47. The molecule has 3 aliphatic carbocycles. The average Bonchev–Trinajstić information content (AvgIpc) is 3.95. The molecule has 0 radical (unpaired) electrons. The topological polar surface area (TPSA) is 3.24 Å². The van der Waals surface area contributed by atoms with Crippen molar-refractivity contribution in [3.05, 3.63) is 258 Å². The number of nitrogens with zero attached hydrogens (tertiary/aromatic N) is 1. The van der Waals surface area contributed by atoms with Crippen molar-refractivity contribution in [1.29, 1.82) is 0 Å². The Hall–Kier alpha value is -7.30. The molecular formula is C64H43NS2. The average molecular weight is 890 g/mol. The van der Waals surface area contributed by atoms with Crippen LogP contribution in [-0.2, 0) is 10.8 Å². The van der Waals surface area contributed by atoms with E-state index in [0.717, 1.165) is 17.1 Å². The van der Waals surface area contributed by atoms with Crippen molar-refractivity contribution >= 4 is 40.6 Å². The second-order valence-electron chi connectivity index (χ2n) is 18.7. The maximum Gasteiger partial charge on any atom is 0.0726 e. The van der Waals surface area contributed by atoms with E-state index in [1.165, 1.54) is 109 Å². The van der Waals surface area contributed by atoms with E-state index in [2.05, 4.69) is 243 Å².